The Balaban J connectivity index is 1.75. The van der Waals surface area contributed by atoms with Crippen LogP contribution in [0.25, 0.3) is 0 Å². The summed E-state index contributed by atoms with van der Waals surface area (Å²) in [5.74, 6) is -0.0298. The highest BCUT2D eigenvalue weighted by molar-refractivity contribution is 7.18. The van der Waals surface area contributed by atoms with E-state index in [2.05, 4.69) is 17.1 Å². The molecule has 0 aromatic carbocycles. The number of carbonyl (C=O) groups excluding carboxylic acids is 1. The lowest BCUT2D eigenvalue weighted by Crippen LogP contribution is -2.47. The largest absolute Gasteiger partial charge is 0.397 e. The van der Waals surface area contributed by atoms with Gasteiger partial charge in [0.1, 0.15) is 4.88 Å². The van der Waals surface area contributed by atoms with Crippen LogP contribution in [-0.4, -0.2) is 37.7 Å². The molecule has 3 N–H and O–H groups in total. The Morgan fingerprint density at radius 1 is 1.57 bits per heavy atom. The number of carbonyl (C=O) groups is 1. The molecule has 0 spiro atoms. The second kappa shape index (κ2) is 5.50. The zero-order chi connectivity index (χ0) is 15.0. The molecule has 2 fully saturated rings. The summed E-state index contributed by atoms with van der Waals surface area (Å²) in [6.45, 7) is 3.96. The number of anilines is 2. The first-order valence-electron chi connectivity index (χ1n) is 7.51. The number of amides is 1. The number of nitrogen functional groups attached to an aromatic ring is 1. The van der Waals surface area contributed by atoms with Crippen molar-refractivity contribution in [2.45, 2.75) is 44.2 Å². The fraction of sp³-hybridized carbons (Fsp3) is 0.667. The molecule has 2 heterocycles. The second-order valence-electron chi connectivity index (χ2n) is 6.30. The average Bonchev–Trinajstić information content (AvgIpc) is 3.18. The molecular weight excluding hydrogens is 286 g/mol. The minimum atomic E-state index is -0.118. The fourth-order valence-electron chi connectivity index (χ4n) is 2.76. The summed E-state index contributed by atoms with van der Waals surface area (Å²) in [7, 11) is 1.76. The van der Waals surface area contributed by atoms with Gasteiger partial charge in [-0.25, -0.2) is 0 Å². The number of thiophene rings is 1. The monoisotopic (exact) mass is 309 g/mol. The van der Waals surface area contributed by atoms with Crippen LogP contribution in [0.3, 0.4) is 0 Å². The van der Waals surface area contributed by atoms with Crippen LogP contribution in [0, 0.1) is 0 Å². The van der Waals surface area contributed by atoms with E-state index in [1.165, 1.54) is 11.3 Å². The van der Waals surface area contributed by atoms with Crippen molar-refractivity contribution in [1.29, 1.82) is 0 Å². The number of nitrogens with one attached hydrogen (secondary N) is 1. The van der Waals surface area contributed by atoms with E-state index in [4.69, 9.17) is 10.5 Å². The van der Waals surface area contributed by atoms with E-state index in [1.807, 2.05) is 6.07 Å². The molecule has 1 saturated carbocycles. The van der Waals surface area contributed by atoms with Gasteiger partial charge in [0.2, 0.25) is 0 Å². The smallest absolute Gasteiger partial charge is 0.263 e. The Bertz CT molecular complexity index is 541. The Kier molecular flexibility index (Phi) is 3.84. The number of rotatable bonds is 4. The highest BCUT2D eigenvalue weighted by Crippen LogP contribution is 2.36. The van der Waals surface area contributed by atoms with Crippen molar-refractivity contribution >= 4 is 27.9 Å². The van der Waals surface area contributed by atoms with Crippen molar-refractivity contribution in [3.05, 3.63) is 10.9 Å². The Morgan fingerprint density at radius 2 is 2.33 bits per heavy atom. The van der Waals surface area contributed by atoms with E-state index in [0.717, 1.165) is 43.8 Å². The number of ether oxygens (including phenoxy) is 1. The normalized spacial score (nSPS) is 25.9. The van der Waals surface area contributed by atoms with Crippen LogP contribution in [0.1, 0.15) is 42.3 Å². The molecule has 1 aromatic rings. The predicted octanol–water partition coefficient (Wildman–Crippen LogP) is 2.23. The van der Waals surface area contributed by atoms with Crippen molar-refractivity contribution in [3.63, 3.8) is 0 Å². The molecule has 1 aliphatic carbocycles. The molecule has 5 nitrogen and oxygen atoms in total. The summed E-state index contributed by atoms with van der Waals surface area (Å²) in [5.41, 5.74) is 6.50. The van der Waals surface area contributed by atoms with Crippen LogP contribution in [0.15, 0.2) is 6.07 Å². The van der Waals surface area contributed by atoms with Crippen LogP contribution in [0.2, 0.25) is 0 Å². The van der Waals surface area contributed by atoms with Gasteiger partial charge in [-0.05, 0) is 38.7 Å². The summed E-state index contributed by atoms with van der Waals surface area (Å²) >= 11 is 1.49. The van der Waals surface area contributed by atoms with Crippen LogP contribution in [0.4, 0.5) is 10.7 Å². The molecule has 3 rings (SSSR count). The highest BCUT2D eigenvalue weighted by Gasteiger charge is 2.32. The minimum absolute atomic E-state index is 0.0298. The van der Waals surface area contributed by atoms with Crippen molar-refractivity contribution in [3.8, 4) is 0 Å². The van der Waals surface area contributed by atoms with E-state index in [1.54, 1.807) is 7.11 Å². The summed E-state index contributed by atoms with van der Waals surface area (Å²) in [4.78, 5) is 15.1. The van der Waals surface area contributed by atoms with E-state index in [-0.39, 0.29) is 11.5 Å². The lowest BCUT2D eigenvalue weighted by Gasteiger charge is -2.39. The number of nitrogens with zero attached hydrogens (tertiary/aromatic N) is 1. The van der Waals surface area contributed by atoms with Gasteiger partial charge in [0.15, 0.2) is 0 Å². The molecule has 2 aliphatic rings. The van der Waals surface area contributed by atoms with Gasteiger partial charge in [-0.1, -0.05) is 0 Å². The predicted molar refractivity (Wildman–Crippen MR) is 86.1 cm³/mol. The number of piperidine rings is 1. The van der Waals surface area contributed by atoms with Crippen LogP contribution in [-0.2, 0) is 4.74 Å². The van der Waals surface area contributed by atoms with Crippen molar-refractivity contribution in [1.82, 2.24) is 5.32 Å². The maximum absolute atomic E-state index is 12.2. The van der Waals surface area contributed by atoms with E-state index in [9.17, 15) is 4.79 Å². The summed E-state index contributed by atoms with van der Waals surface area (Å²) in [5, 5.41) is 4.07. The SMILES string of the molecule is COC1(C)CCCN(c2cc(N)c(C(=O)NC3CC3)s2)C1. The number of hydrogen-bond donors (Lipinski definition) is 2. The summed E-state index contributed by atoms with van der Waals surface area (Å²) in [6, 6.07) is 2.28. The molecule has 1 aliphatic heterocycles. The van der Waals surface area contributed by atoms with Gasteiger partial charge in [0.25, 0.3) is 5.91 Å². The van der Waals surface area contributed by atoms with E-state index < -0.39 is 0 Å². The zero-order valence-electron chi connectivity index (χ0n) is 12.6. The van der Waals surface area contributed by atoms with Gasteiger partial charge < -0.3 is 20.7 Å². The summed E-state index contributed by atoms with van der Waals surface area (Å²) < 4.78 is 5.63. The zero-order valence-corrected chi connectivity index (χ0v) is 13.5. The molecule has 0 bridgehead atoms. The molecule has 21 heavy (non-hydrogen) atoms. The number of hydrogen-bond acceptors (Lipinski definition) is 5. The third-order valence-corrected chi connectivity index (χ3v) is 5.54. The number of nitrogens with two attached hydrogens (primary N) is 1. The van der Waals surface area contributed by atoms with Gasteiger partial charge in [-0.2, -0.15) is 0 Å². The molecule has 1 unspecified atom stereocenters. The molecule has 1 aromatic heterocycles. The molecule has 1 amide bonds. The Morgan fingerprint density at radius 3 is 3.00 bits per heavy atom. The minimum Gasteiger partial charge on any atom is -0.397 e. The van der Waals surface area contributed by atoms with Gasteiger partial charge in [0.05, 0.1) is 16.3 Å². The standard InChI is InChI=1S/C15H23N3O2S/c1-15(20-2)6-3-7-18(9-15)12-8-11(16)13(21-12)14(19)17-10-4-5-10/h8,10H,3-7,9,16H2,1-2H3,(H,17,19). The van der Waals surface area contributed by atoms with Crippen LogP contribution >= 0.6 is 11.3 Å². The molecule has 116 valence electrons. The van der Waals surface area contributed by atoms with Crippen LogP contribution < -0.4 is 16.0 Å². The van der Waals surface area contributed by atoms with Gasteiger partial charge >= 0.3 is 0 Å². The quantitative estimate of drug-likeness (QED) is 0.895. The lowest BCUT2D eigenvalue weighted by molar-refractivity contribution is -0.00451. The first kappa shape index (κ1) is 14.7. The van der Waals surface area contributed by atoms with Crippen molar-refractivity contribution < 1.29 is 9.53 Å². The first-order valence-corrected chi connectivity index (χ1v) is 8.33. The average molecular weight is 309 g/mol. The molecule has 6 heteroatoms. The van der Waals surface area contributed by atoms with Crippen LogP contribution in [0.5, 0.6) is 0 Å². The highest BCUT2D eigenvalue weighted by atomic mass is 32.1. The van der Waals surface area contributed by atoms with Gasteiger partial charge in [-0.3, -0.25) is 4.79 Å². The number of methoxy groups -OCH3 is 1. The Hall–Kier alpha value is -1.27. The lowest BCUT2D eigenvalue weighted by atomic mass is 9.95. The molecule has 0 radical (unpaired) electrons. The van der Waals surface area contributed by atoms with Crippen molar-refractivity contribution in [2.75, 3.05) is 30.8 Å². The van der Waals surface area contributed by atoms with E-state index >= 15 is 0 Å². The van der Waals surface area contributed by atoms with E-state index in [0.29, 0.717) is 16.6 Å². The molecule has 1 atom stereocenters. The maximum Gasteiger partial charge on any atom is 0.263 e. The second-order valence-corrected chi connectivity index (χ2v) is 7.33. The fourth-order valence-corrected chi connectivity index (χ4v) is 3.77. The first-order chi connectivity index (χ1) is 10.0. The van der Waals surface area contributed by atoms with Crippen molar-refractivity contribution in [2.24, 2.45) is 0 Å². The third-order valence-electron chi connectivity index (χ3n) is 4.33. The Labute approximate surface area is 129 Å². The summed E-state index contributed by atoms with van der Waals surface area (Å²) in [6.07, 6.45) is 4.33. The van der Waals surface area contributed by atoms with Gasteiger partial charge in [0, 0.05) is 26.2 Å². The third kappa shape index (κ3) is 3.16. The molecule has 1 saturated heterocycles. The maximum atomic E-state index is 12.2. The van der Waals surface area contributed by atoms with Gasteiger partial charge in [-0.15, -0.1) is 11.3 Å². The molecular formula is C15H23N3O2S. The topological polar surface area (TPSA) is 67.6 Å².